The molecule has 92 valence electrons. The van der Waals surface area contributed by atoms with E-state index in [4.69, 9.17) is 5.11 Å². The SMILES string of the molecule is C[C@H](NC(=O)NCC1CCCCS1)C(=O)O. The quantitative estimate of drug-likeness (QED) is 0.692. The van der Waals surface area contributed by atoms with E-state index in [-0.39, 0.29) is 0 Å². The van der Waals surface area contributed by atoms with Crippen LogP contribution in [0.5, 0.6) is 0 Å². The number of amides is 2. The molecule has 0 aromatic heterocycles. The molecule has 1 aliphatic heterocycles. The maximum Gasteiger partial charge on any atom is 0.325 e. The molecule has 1 unspecified atom stereocenters. The van der Waals surface area contributed by atoms with Gasteiger partial charge in [-0.05, 0) is 25.5 Å². The van der Waals surface area contributed by atoms with Gasteiger partial charge >= 0.3 is 12.0 Å². The Labute approximate surface area is 99.4 Å². The molecule has 0 saturated carbocycles. The Kier molecular flexibility index (Phi) is 5.45. The molecular weight excluding hydrogens is 228 g/mol. The Balaban J connectivity index is 2.16. The smallest absolute Gasteiger partial charge is 0.325 e. The van der Waals surface area contributed by atoms with Crippen molar-refractivity contribution in [2.75, 3.05) is 12.3 Å². The lowest BCUT2D eigenvalue weighted by Crippen LogP contribution is -2.46. The molecule has 16 heavy (non-hydrogen) atoms. The maximum absolute atomic E-state index is 11.3. The Morgan fingerprint density at radius 2 is 2.25 bits per heavy atom. The highest BCUT2D eigenvalue weighted by molar-refractivity contribution is 7.99. The van der Waals surface area contributed by atoms with Crippen LogP contribution in [-0.2, 0) is 4.79 Å². The maximum atomic E-state index is 11.3. The number of thioether (sulfide) groups is 1. The fraction of sp³-hybridized carbons (Fsp3) is 0.800. The number of hydrogen-bond donors (Lipinski definition) is 3. The monoisotopic (exact) mass is 246 g/mol. The summed E-state index contributed by atoms with van der Waals surface area (Å²) in [6, 6.07) is -1.25. The second-order valence-electron chi connectivity index (χ2n) is 3.90. The topological polar surface area (TPSA) is 78.4 Å². The lowest BCUT2D eigenvalue weighted by Gasteiger charge is -2.21. The third kappa shape index (κ3) is 4.74. The molecule has 0 bridgehead atoms. The van der Waals surface area contributed by atoms with Crippen LogP contribution in [0.2, 0.25) is 0 Å². The summed E-state index contributed by atoms with van der Waals surface area (Å²) in [6.07, 6.45) is 3.59. The minimum absolute atomic E-state index is 0.402. The third-order valence-corrected chi connectivity index (χ3v) is 3.88. The first-order valence-corrected chi connectivity index (χ1v) is 6.53. The first kappa shape index (κ1) is 13.2. The van der Waals surface area contributed by atoms with E-state index in [1.54, 1.807) is 0 Å². The highest BCUT2D eigenvalue weighted by atomic mass is 32.2. The molecular formula is C10H18N2O3S. The second kappa shape index (κ2) is 6.62. The van der Waals surface area contributed by atoms with Gasteiger partial charge in [-0.3, -0.25) is 4.79 Å². The van der Waals surface area contributed by atoms with Crippen LogP contribution in [0, 0.1) is 0 Å². The predicted molar refractivity (Wildman–Crippen MR) is 63.7 cm³/mol. The molecule has 1 rings (SSSR count). The predicted octanol–water partition coefficient (Wildman–Crippen LogP) is 1.04. The minimum atomic E-state index is -1.03. The molecule has 1 saturated heterocycles. The van der Waals surface area contributed by atoms with E-state index in [0.717, 1.165) is 12.2 Å². The van der Waals surface area contributed by atoms with Crippen molar-refractivity contribution in [3.63, 3.8) is 0 Å². The fourth-order valence-corrected chi connectivity index (χ4v) is 2.72. The van der Waals surface area contributed by atoms with Gasteiger partial charge in [0.2, 0.25) is 0 Å². The number of hydrogen-bond acceptors (Lipinski definition) is 3. The number of carbonyl (C=O) groups excluding carboxylic acids is 1. The summed E-state index contributed by atoms with van der Waals surface area (Å²) in [6.45, 7) is 2.06. The van der Waals surface area contributed by atoms with Crippen molar-refractivity contribution in [2.24, 2.45) is 0 Å². The van der Waals surface area contributed by atoms with Crippen LogP contribution in [0.15, 0.2) is 0 Å². The molecule has 2 atom stereocenters. The highest BCUT2D eigenvalue weighted by Crippen LogP contribution is 2.24. The van der Waals surface area contributed by atoms with Crippen molar-refractivity contribution in [3.05, 3.63) is 0 Å². The first-order valence-electron chi connectivity index (χ1n) is 5.48. The van der Waals surface area contributed by atoms with Crippen LogP contribution in [0.4, 0.5) is 4.79 Å². The fourth-order valence-electron chi connectivity index (χ4n) is 1.48. The molecule has 1 heterocycles. The van der Waals surface area contributed by atoms with Crippen molar-refractivity contribution in [3.8, 4) is 0 Å². The van der Waals surface area contributed by atoms with Crippen LogP contribution in [0.1, 0.15) is 26.2 Å². The van der Waals surface area contributed by atoms with Gasteiger partial charge in [0.25, 0.3) is 0 Å². The molecule has 1 fully saturated rings. The van der Waals surface area contributed by atoms with Gasteiger partial charge < -0.3 is 15.7 Å². The van der Waals surface area contributed by atoms with Gasteiger partial charge in [-0.1, -0.05) is 6.42 Å². The van der Waals surface area contributed by atoms with Gasteiger partial charge in [-0.15, -0.1) is 0 Å². The molecule has 1 aliphatic rings. The van der Waals surface area contributed by atoms with Gasteiger partial charge in [-0.25, -0.2) is 4.79 Å². The Morgan fingerprint density at radius 1 is 1.50 bits per heavy atom. The van der Waals surface area contributed by atoms with Crippen LogP contribution < -0.4 is 10.6 Å². The summed E-state index contributed by atoms with van der Waals surface area (Å²) in [5, 5.41) is 14.1. The van der Waals surface area contributed by atoms with Crippen LogP contribution in [-0.4, -0.2) is 40.7 Å². The molecule has 0 radical (unpaired) electrons. The summed E-state index contributed by atoms with van der Waals surface area (Å²) in [7, 11) is 0. The van der Waals surface area contributed by atoms with Gasteiger partial charge in [0.1, 0.15) is 6.04 Å². The number of carboxylic acid groups (broad SMARTS) is 1. The largest absolute Gasteiger partial charge is 0.480 e. The molecule has 0 aromatic carbocycles. The Hall–Kier alpha value is -0.910. The Bertz CT molecular complexity index is 254. The van der Waals surface area contributed by atoms with Crippen LogP contribution in [0.25, 0.3) is 0 Å². The van der Waals surface area contributed by atoms with Gasteiger partial charge in [0.05, 0.1) is 0 Å². The molecule has 6 heteroatoms. The minimum Gasteiger partial charge on any atom is -0.480 e. The zero-order chi connectivity index (χ0) is 12.0. The third-order valence-electron chi connectivity index (χ3n) is 2.48. The van der Waals surface area contributed by atoms with Crippen molar-refractivity contribution in [1.82, 2.24) is 10.6 Å². The summed E-state index contributed by atoms with van der Waals surface area (Å²) >= 11 is 1.87. The summed E-state index contributed by atoms with van der Waals surface area (Å²) in [4.78, 5) is 21.8. The van der Waals surface area contributed by atoms with Gasteiger partial charge in [0, 0.05) is 11.8 Å². The molecule has 0 aromatic rings. The molecule has 3 N–H and O–H groups in total. The lowest BCUT2D eigenvalue weighted by atomic mass is 10.2. The Morgan fingerprint density at radius 3 is 2.81 bits per heavy atom. The first-order chi connectivity index (χ1) is 7.59. The van der Waals surface area contributed by atoms with E-state index in [1.807, 2.05) is 11.8 Å². The molecule has 5 nitrogen and oxygen atoms in total. The van der Waals surface area contributed by atoms with E-state index < -0.39 is 18.0 Å². The van der Waals surface area contributed by atoms with Crippen molar-refractivity contribution < 1.29 is 14.7 Å². The molecule has 2 amide bonds. The van der Waals surface area contributed by atoms with Crippen LogP contribution >= 0.6 is 11.8 Å². The van der Waals surface area contributed by atoms with Gasteiger partial charge in [0.15, 0.2) is 0 Å². The zero-order valence-corrected chi connectivity index (χ0v) is 10.2. The molecule has 0 aliphatic carbocycles. The zero-order valence-electron chi connectivity index (χ0n) is 9.36. The van der Waals surface area contributed by atoms with Crippen LogP contribution in [0.3, 0.4) is 0 Å². The number of carboxylic acids is 1. The van der Waals surface area contributed by atoms with E-state index in [0.29, 0.717) is 11.8 Å². The van der Waals surface area contributed by atoms with Crippen molar-refractivity contribution in [1.29, 1.82) is 0 Å². The number of aliphatic carboxylic acids is 1. The molecule has 0 spiro atoms. The van der Waals surface area contributed by atoms with E-state index in [1.165, 1.54) is 19.8 Å². The highest BCUT2D eigenvalue weighted by Gasteiger charge is 2.17. The summed E-state index contributed by atoms with van der Waals surface area (Å²) < 4.78 is 0. The second-order valence-corrected chi connectivity index (χ2v) is 5.31. The number of rotatable bonds is 4. The van der Waals surface area contributed by atoms with Gasteiger partial charge in [-0.2, -0.15) is 11.8 Å². The average molecular weight is 246 g/mol. The van der Waals surface area contributed by atoms with E-state index in [9.17, 15) is 9.59 Å². The van der Waals surface area contributed by atoms with E-state index >= 15 is 0 Å². The number of urea groups is 1. The van der Waals surface area contributed by atoms with E-state index in [2.05, 4.69) is 10.6 Å². The standard InChI is InChI=1S/C10H18N2O3S/c1-7(9(13)14)12-10(15)11-6-8-4-2-3-5-16-8/h7-8H,2-6H2,1H3,(H,13,14)(H2,11,12,15)/t7-,8?/m0/s1. The normalized spacial score (nSPS) is 22.2. The lowest BCUT2D eigenvalue weighted by molar-refractivity contribution is -0.138. The number of nitrogens with one attached hydrogen (secondary N) is 2. The number of carbonyl (C=O) groups is 2. The summed E-state index contributed by atoms with van der Waals surface area (Å²) in [5.74, 6) is 0.127. The average Bonchev–Trinajstić information content (AvgIpc) is 2.27. The summed E-state index contributed by atoms with van der Waals surface area (Å²) in [5.41, 5.74) is 0. The van der Waals surface area contributed by atoms with Crippen molar-refractivity contribution in [2.45, 2.75) is 37.5 Å². The van der Waals surface area contributed by atoms with Crippen molar-refractivity contribution >= 4 is 23.8 Å².